The molecule has 0 spiro atoms. The van der Waals surface area contributed by atoms with E-state index in [0.717, 1.165) is 19.3 Å². The predicted molar refractivity (Wildman–Crippen MR) is 86.3 cm³/mol. The van der Waals surface area contributed by atoms with Gasteiger partial charge in [0.1, 0.15) is 4.90 Å². The molecule has 2 fully saturated rings. The normalized spacial score (nSPS) is 29.7. The Bertz CT molecular complexity index is 609. The monoisotopic (exact) mass is 350 g/mol. The highest BCUT2D eigenvalue weighted by Gasteiger charge is 2.43. The van der Waals surface area contributed by atoms with Crippen LogP contribution in [0.25, 0.3) is 0 Å². The molecule has 2 aliphatic rings. The van der Waals surface area contributed by atoms with Crippen molar-refractivity contribution in [2.45, 2.75) is 30.2 Å². The third kappa shape index (κ3) is 3.08. The molecule has 1 heterocycles. The van der Waals surface area contributed by atoms with Crippen LogP contribution >= 0.6 is 24.0 Å². The molecular formula is C14H20Cl2N2O2S. The highest BCUT2D eigenvalue weighted by molar-refractivity contribution is 7.89. The van der Waals surface area contributed by atoms with Crippen LogP contribution in [0.5, 0.6) is 0 Å². The Morgan fingerprint density at radius 3 is 2.57 bits per heavy atom. The molecule has 1 aliphatic heterocycles. The smallest absolute Gasteiger partial charge is 0.244 e. The SMILES string of the molecule is Cl.NC1CCCC2CN(S(=O)(=O)c3ccccc3Cl)CC12. The van der Waals surface area contributed by atoms with Gasteiger partial charge in [-0.05, 0) is 36.8 Å². The molecule has 1 aromatic rings. The Kier molecular flexibility index (Phi) is 5.21. The highest BCUT2D eigenvalue weighted by Crippen LogP contribution is 2.38. The molecule has 1 saturated heterocycles. The van der Waals surface area contributed by atoms with Crippen LogP contribution in [0.4, 0.5) is 0 Å². The van der Waals surface area contributed by atoms with Crippen molar-refractivity contribution in [3.63, 3.8) is 0 Å². The van der Waals surface area contributed by atoms with Crippen LogP contribution in [-0.4, -0.2) is 31.9 Å². The quantitative estimate of drug-likeness (QED) is 0.891. The average Bonchev–Trinajstić information content (AvgIpc) is 2.85. The van der Waals surface area contributed by atoms with Crippen LogP contribution in [0.2, 0.25) is 5.02 Å². The maximum atomic E-state index is 12.7. The number of hydrogen-bond donors (Lipinski definition) is 1. The lowest BCUT2D eigenvalue weighted by molar-refractivity contribution is 0.260. The van der Waals surface area contributed by atoms with Gasteiger partial charge in [-0.25, -0.2) is 8.42 Å². The van der Waals surface area contributed by atoms with Crippen molar-refractivity contribution in [3.8, 4) is 0 Å². The van der Waals surface area contributed by atoms with Gasteiger partial charge in [0.2, 0.25) is 10.0 Å². The number of nitrogens with zero attached hydrogens (tertiary/aromatic N) is 1. The fraction of sp³-hybridized carbons (Fsp3) is 0.571. The Balaban J connectivity index is 0.00000161. The molecule has 3 rings (SSSR count). The van der Waals surface area contributed by atoms with Gasteiger partial charge in [-0.1, -0.05) is 30.2 Å². The van der Waals surface area contributed by atoms with E-state index in [2.05, 4.69) is 0 Å². The minimum atomic E-state index is -3.51. The van der Waals surface area contributed by atoms with Crippen molar-refractivity contribution in [1.29, 1.82) is 0 Å². The molecule has 0 amide bonds. The summed E-state index contributed by atoms with van der Waals surface area (Å²) in [6, 6.07) is 6.75. The zero-order valence-corrected chi connectivity index (χ0v) is 14.0. The Labute approximate surface area is 137 Å². The number of halogens is 2. The average molecular weight is 351 g/mol. The largest absolute Gasteiger partial charge is 0.327 e. The van der Waals surface area contributed by atoms with E-state index in [1.165, 1.54) is 0 Å². The molecule has 1 aromatic carbocycles. The summed E-state index contributed by atoms with van der Waals surface area (Å²) in [4.78, 5) is 0.203. The molecule has 0 bridgehead atoms. The highest BCUT2D eigenvalue weighted by atomic mass is 35.5. The first-order chi connectivity index (χ1) is 9.50. The summed E-state index contributed by atoms with van der Waals surface area (Å²) in [6.45, 7) is 1.10. The lowest BCUT2D eigenvalue weighted by Gasteiger charge is -2.29. The molecule has 0 aromatic heterocycles. The first-order valence-corrected chi connectivity index (χ1v) is 8.82. The van der Waals surface area contributed by atoms with Crippen LogP contribution < -0.4 is 5.73 Å². The van der Waals surface area contributed by atoms with Gasteiger partial charge in [0.25, 0.3) is 0 Å². The van der Waals surface area contributed by atoms with Gasteiger partial charge in [-0.15, -0.1) is 12.4 Å². The van der Waals surface area contributed by atoms with Crippen molar-refractivity contribution in [2.75, 3.05) is 13.1 Å². The number of rotatable bonds is 2. The van der Waals surface area contributed by atoms with Crippen molar-refractivity contribution >= 4 is 34.0 Å². The second-order valence-corrected chi connectivity index (χ2v) is 8.08. The zero-order chi connectivity index (χ0) is 14.3. The summed E-state index contributed by atoms with van der Waals surface area (Å²) in [7, 11) is -3.51. The maximum absolute atomic E-state index is 12.7. The number of fused-ring (bicyclic) bond motifs is 1. The minimum Gasteiger partial charge on any atom is -0.327 e. The van der Waals surface area contributed by atoms with E-state index >= 15 is 0 Å². The Hall–Kier alpha value is -0.330. The number of benzene rings is 1. The van der Waals surface area contributed by atoms with Gasteiger partial charge in [0.05, 0.1) is 5.02 Å². The third-order valence-electron chi connectivity index (χ3n) is 4.57. The molecule has 1 saturated carbocycles. The molecule has 7 heteroatoms. The number of sulfonamides is 1. The molecule has 0 radical (unpaired) electrons. The summed E-state index contributed by atoms with van der Waals surface area (Å²) in [5.41, 5.74) is 6.15. The van der Waals surface area contributed by atoms with Gasteiger partial charge in [-0.2, -0.15) is 4.31 Å². The van der Waals surface area contributed by atoms with Crippen molar-refractivity contribution in [2.24, 2.45) is 17.6 Å². The van der Waals surface area contributed by atoms with E-state index in [4.69, 9.17) is 17.3 Å². The molecule has 2 N–H and O–H groups in total. The molecule has 1 aliphatic carbocycles. The lowest BCUT2D eigenvalue weighted by Crippen LogP contribution is -2.38. The van der Waals surface area contributed by atoms with E-state index in [1.54, 1.807) is 28.6 Å². The van der Waals surface area contributed by atoms with Gasteiger partial charge in [0.15, 0.2) is 0 Å². The summed E-state index contributed by atoms with van der Waals surface area (Å²) in [5, 5.41) is 0.284. The van der Waals surface area contributed by atoms with Crippen molar-refractivity contribution < 1.29 is 8.42 Å². The fourth-order valence-corrected chi connectivity index (χ4v) is 5.49. The minimum absolute atomic E-state index is 0. The molecule has 3 unspecified atom stereocenters. The lowest BCUT2D eigenvalue weighted by atomic mass is 9.78. The summed E-state index contributed by atoms with van der Waals surface area (Å²) < 4.78 is 27.0. The second-order valence-electron chi connectivity index (χ2n) is 5.77. The predicted octanol–water partition coefficient (Wildman–Crippen LogP) is 2.51. The second kappa shape index (κ2) is 6.42. The summed E-state index contributed by atoms with van der Waals surface area (Å²) >= 11 is 6.04. The maximum Gasteiger partial charge on any atom is 0.244 e. The van der Waals surface area contributed by atoms with E-state index in [-0.39, 0.29) is 28.4 Å². The fourth-order valence-electron chi connectivity index (χ4n) is 3.47. The first-order valence-electron chi connectivity index (χ1n) is 7.00. The van der Waals surface area contributed by atoms with Crippen molar-refractivity contribution in [3.05, 3.63) is 29.3 Å². The van der Waals surface area contributed by atoms with E-state index in [1.807, 2.05) is 0 Å². The van der Waals surface area contributed by atoms with Crippen LogP contribution in [-0.2, 0) is 10.0 Å². The van der Waals surface area contributed by atoms with Crippen LogP contribution in [0.3, 0.4) is 0 Å². The van der Waals surface area contributed by atoms with Crippen molar-refractivity contribution in [1.82, 2.24) is 4.31 Å². The summed E-state index contributed by atoms with van der Waals surface area (Å²) in [6.07, 6.45) is 3.18. The Morgan fingerprint density at radius 2 is 1.90 bits per heavy atom. The van der Waals surface area contributed by atoms with Crippen LogP contribution in [0, 0.1) is 11.8 Å². The standard InChI is InChI=1S/C14H19ClN2O2S.ClH/c15-12-5-1-2-7-14(12)20(18,19)17-8-10-4-3-6-13(16)11(10)9-17;/h1-2,5,7,10-11,13H,3-4,6,8-9,16H2;1H. The topological polar surface area (TPSA) is 63.4 Å². The third-order valence-corrected chi connectivity index (χ3v) is 6.91. The van der Waals surface area contributed by atoms with Gasteiger partial charge in [0, 0.05) is 19.1 Å². The van der Waals surface area contributed by atoms with Crippen LogP contribution in [0.15, 0.2) is 29.2 Å². The molecular weight excluding hydrogens is 331 g/mol. The van der Waals surface area contributed by atoms with E-state index < -0.39 is 10.0 Å². The molecule has 4 nitrogen and oxygen atoms in total. The summed E-state index contributed by atoms with van der Waals surface area (Å²) in [5.74, 6) is 0.692. The van der Waals surface area contributed by atoms with E-state index in [0.29, 0.717) is 24.9 Å². The molecule has 21 heavy (non-hydrogen) atoms. The Morgan fingerprint density at radius 1 is 1.19 bits per heavy atom. The van der Waals surface area contributed by atoms with Gasteiger partial charge < -0.3 is 5.73 Å². The number of hydrogen-bond acceptors (Lipinski definition) is 3. The molecule has 118 valence electrons. The first kappa shape index (κ1) is 17.0. The number of nitrogens with two attached hydrogens (primary N) is 1. The van der Waals surface area contributed by atoms with E-state index in [9.17, 15) is 8.42 Å². The zero-order valence-electron chi connectivity index (χ0n) is 11.6. The molecule has 3 atom stereocenters. The van der Waals surface area contributed by atoms with Crippen LogP contribution in [0.1, 0.15) is 19.3 Å². The van der Waals surface area contributed by atoms with Gasteiger partial charge in [-0.3, -0.25) is 0 Å². The van der Waals surface area contributed by atoms with Gasteiger partial charge >= 0.3 is 0 Å².